The Morgan fingerprint density at radius 2 is 1.74 bits per heavy atom. The predicted molar refractivity (Wildman–Crippen MR) is 126 cm³/mol. The first-order valence-corrected chi connectivity index (χ1v) is 11.8. The van der Waals surface area contributed by atoms with Gasteiger partial charge in [0.2, 0.25) is 0 Å². The van der Waals surface area contributed by atoms with Crippen LogP contribution in [-0.4, -0.2) is 34.2 Å². The zero-order chi connectivity index (χ0) is 25.2. The highest BCUT2D eigenvalue weighted by molar-refractivity contribution is 7.98. The van der Waals surface area contributed by atoms with Crippen LogP contribution in [0.25, 0.3) is 16.6 Å². The summed E-state index contributed by atoms with van der Waals surface area (Å²) in [7, 11) is 0. The highest BCUT2D eigenvalue weighted by Gasteiger charge is 2.40. The molecule has 35 heavy (non-hydrogen) atoms. The molecule has 4 rings (SSSR count). The Bertz CT molecular complexity index is 1320. The van der Waals surface area contributed by atoms with Crippen LogP contribution in [0.4, 0.5) is 17.6 Å². The Morgan fingerprint density at radius 1 is 1.06 bits per heavy atom. The molecule has 1 N–H and O–H groups in total. The topological polar surface area (TPSA) is 56.1 Å². The first-order chi connectivity index (χ1) is 16.7. The summed E-state index contributed by atoms with van der Waals surface area (Å²) in [5.74, 6) is -2.00. The second-order valence-electron chi connectivity index (χ2n) is 7.82. The van der Waals surface area contributed by atoms with Gasteiger partial charge in [-0.2, -0.15) is 18.3 Å². The van der Waals surface area contributed by atoms with Crippen molar-refractivity contribution in [3.05, 3.63) is 84.3 Å². The molecule has 0 radical (unpaired) electrons. The third-order valence-electron chi connectivity index (χ3n) is 5.39. The maximum absolute atomic E-state index is 13.3. The first kappa shape index (κ1) is 24.6. The fraction of sp³-hybridized carbons (Fsp3) is 0.200. The van der Waals surface area contributed by atoms with Crippen molar-refractivity contribution in [1.82, 2.24) is 15.1 Å². The molecule has 0 aliphatic heterocycles. The number of carbonyl (C=O) groups excluding carboxylic acids is 1. The van der Waals surface area contributed by atoms with Gasteiger partial charge < -0.3 is 10.1 Å². The summed E-state index contributed by atoms with van der Waals surface area (Å²) in [4.78, 5) is 12.5. The molecule has 0 bridgehead atoms. The van der Waals surface area contributed by atoms with Crippen molar-refractivity contribution in [2.24, 2.45) is 0 Å². The van der Waals surface area contributed by atoms with Crippen LogP contribution in [0.2, 0.25) is 0 Å². The standard InChI is InChI=1S/C25H21F4N3O2S/c1-15(31-24(33)25(27,28)29)23(16-3-10-21(35-2)11-4-16)34-20-9-12-22-17(13-20)14-30-32(22)19-7-5-18(26)6-8-19/h3-15,23H,1-2H3,(H,31,33)/t15-,23+/m0/s1. The van der Waals surface area contributed by atoms with E-state index in [1.807, 2.05) is 23.7 Å². The van der Waals surface area contributed by atoms with Crippen LogP contribution >= 0.6 is 11.8 Å². The summed E-state index contributed by atoms with van der Waals surface area (Å²) in [5, 5.41) is 7.06. The second kappa shape index (κ2) is 9.99. The molecular weight excluding hydrogens is 482 g/mol. The van der Waals surface area contributed by atoms with Gasteiger partial charge in [0.25, 0.3) is 0 Å². The summed E-state index contributed by atoms with van der Waals surface area (Å²) >= 11 is 1.53. The van der Waals surface area contributed by atoms with E-state index < -0.39 is 24.2 Å². The van der Waals surface area contributed by atoms with Crippen LogP contribution in [0.3, 0.4) is 0 Å². The van der Waals surface area contributed by atoms with E-state index in [2.05, 4.69) is 5.10 Å². The molecule has 0 aliphatic rings. The molecule has 5 nitrogen and oxygen atoms in total. The van der Waals surface area contributed by atoms with Crippen molar-refractivity contribution in [1.29, 1.82) is 0 Å². The lowest BCUT2D eigenvalue weighted by molar-refractivity contribution is -0.174. The van der Waals surface area contributed by atoms with Crippen molar-refractivity contribution >= 4 is 28.6 Å². The van der Waals surface area contributed by atoms with Crippen LogP contribution in [-0.2, 0) is 4.79 Å². The highest BCUT2D eigenvalue weighted by atomic mass is 32.2. The smallest absolute Gasteiger partial charge is 0.471 e. The minimum atomic E-state index is -5.00. The van der Waals surface area contributed by atoms with Gasteiger partial charge >= 0.3 is 12.1 Å². The average Bonchev–Trinajstić information content (AvgIpc) is 3.25. The molecule has 1 heterocycles. The summed E-state index contributed by atoms with van der Waals surface area (Å²) in [6.45, 7) is 1.46. The van der Waals surface area contributed by atoms with Crippen LogP contribution in [0, 0.1) is 5.82 Å². The minimum Gasteiger partial charge on any atom is -0.484 e. The minimum absolute atomic E-state index is 0.357. The van der Waals surface area contributed by atoms with E-state index in [1.54, 1.807) is 53.3 Å². The zero-order valence-electron chi connectivity index (χ0n) is 18.7. The van der Waals surface area contributed by atoms with Gasteiger partial charge in [-0.05, 0) is 73.3 Å². The second-order valence-corrected chi connectivity index (χ2v) is 8.70. The average molecular weight is 504 g/mol. The normalized spacial score (nSPS) is 13.4. The first-order valence-electron chi connectivity index (χ1n) is 10.6. The van der Waals surface area contributed by atoms with Crippen LogP contribution in [0.1, 0.15) is 18.6 Å². The van der Waals surface area contributed by atoms with Gasteiger partial charge in [0.05, 0.1) is 23.4 Å². The molecule has 0 fully saturated rings. The highest BCUT2D eigenvalue weighted by Crippen LogP contribution is 2.30. The van der Waals surface area contributed by atoms with Gasteiger partial charge in [-0.25, -0.2) is 9.07 Å². The number of carbonyl (C=O) groups is 1. The van der Waals surface area contributed by atoms with Crippen molar-refractivity contribution in [2.45, 2.75) is 30.1 Å². The number of halogens is 4. The number of ether oxygens (including phenoxy) is 1. The van der Waals surface area contributed by atoms with E-state index in [-0.39, 0.29) is 5.82 Å². The molecule has 2 atom stereocenters. The van der Waals surface area contributed by atoms with Gasteiger partial charge in [-0.1, -0.05) is 12.1 Å². The molecule has 10 heteroatoms. The maximum Gasteiger partial charge on any atom is 0.471 e. The fourth-order valence-electron chi connectivity index (χ4n) is 3.64. The number of hydrogen-bond acceptors (Lipinski definition) is 4. The van der Waals surface area contributed by atoms with Gasteiger partial charge in [0.15, 0.2) is 0 Å². The van der Waals surface area contributed by atoms with Crippen LogP contribution in [0.15, 0.2) is 77.8 Å². The molecule has 0 unspecified atom stereocenters. The van der Waals surface area contributed by atoms with E-state index >= 15 is 0 Å². The van der Waals surface area contributed by atoms with Gasteiger partial charge in [0.1, 0.15) is 17.7 Å². The molecule has 0 saturated heterocycles. The quantitative estimate of drug-likeness (QED) is 0.246. The number of alkyl halides is 3. The SMILES string of the molecule is CSc1ccc([C@H](Oc2ccc3c(cnn3-c3ccc(F)cc3)c2)[C@H](C)NC(=O)C(F)(F)F)cc1. The van der Waals surface area contributed by atoms with E-state index in [0.29, 0.717) is 17.0 Å². The monoisotopic (exact) mass is 503 g/mol. The number of amides is 1. The largest absolute Gasteiger partial charge is 0.484 e. The maximum atomic E-state index is 13.3. The van der Waals surface area contributed by atoms with Crippen molar-refractivity contribution in [2.75, 3.05) is 6.26 Å². The zero-order valence-corrected chi connectivity index (χ0v) is 19.5. The number of fused-ring (bicyclic) bond motifs is 1. The van der Waals surface area contributed by atoms with Crippen LogP contribution in [0.5, 0.6) is 5.75 Å². The Kier molecular flexibility index (Phi) is 7.02. The number of hydrogen-bond donors (Lipinski definition) is 1. The third-order valence-corrected chi connectivity index (χ3v) is 6.13. The van der Waals surface area contributed by atoms with Crippen molar-refractivity contribution in [3.8, 4) is 11.4 Å². The Labute approximate surface area is 203 Å². The van der Waals surface area contributed by atoms with E-state index in [9.17, 15) is 22.4 Å². The lowest BCUT2D eigenvalue weighted by Crippen LogP contribution is -2.45. The van der Waals surface area contributed by atoms with E-state index in [0.717, 1.165) is 15.8 Å². The Morgan fingerprint density at radius 3 is 2.37 bits per heavy atom. The van der Waals surface area contributed by atoms with Crippen molar-refractivity contribution in [3.63, 3.8) is 0 Å². The molecule has 182 valence electrons. The van der Waals surface area contributed by atoms with Crippen molar-refractivity contribution < 1.29 is 27.1 Å². The molecule has 4 aromatic rings. The summed E-state index contributed by atoms with van der Waals surface area (Å²) in [6, 6.07) is 17.2. The molecule has 0 spiro atoms. The molecule has 3 aromatic carbocycles. The number of thioether (sulfide) groups is 1. The van der Waals surface area contributed by atoms with Gasteiger partial charge in [0, 0.05) is 10.3 Å². The molecule has 0 saturated carbocycles. The number of nitrogens with one attached hydrogen (secondary N) is 1. The Balaban J connectivity index is 1.64. The van der Waals surface area contributed by atoms with E-state index in [1.165, 1.54) is 30.8 Å². The molecule has 1 amide bonds. The molecule has 0 aliphatic carbocycles. The van der Waals surface area contributed by atoms with Gasteiger partial charge in [-0.3, -0.25) is 4.79 Å². The fourth-order valence-corrected chi connectivity index (χ4v) is 4.04. The van der Waals surface area contributed by atoms with E-state index in [4.69, 9.17) is 4.74 Å². The molecule has 1 aromatic heterocycles. The Hall–Kier alpha value is -3.53. The summed E-state index contributed by atoms with van der Waals surface area (Å²) in [6.07, 6.45) is -2.36. The number of aromatic nitrogens is 2. The summed E-state index contributed by atoms with van der Waals surface area (Å²) < 4.78 is 59.6. The predicted octanol–water partition coefficient (Wildman–Crippen LogP) is 6.07. The number of rotatable bonds is 7. The lowest BCUT2D eigenvalue weighted by Gasteiger charge is -2.27. The molecular formula is C25H21F4N3O2S. The van der Waals surface area contributed by atoms with Gasteiger partial charge in [-0.15, -0.1) is 11.8 Å². The third kappa shape index (κ3) is 5.59. The van der Waals surface area contributed by atoms with Crippen LogP contribution < -0.4 is 10.1 Å². The summed E-state index contributed by atoms with van der Waals surface area (Å²) in [5.41, 5.74) is 2.02. The lowest BCUT2D eigenvalue weighted by atomic mass is 10.0. The number of benzene rings is 3. The number of nitrogens with zero attached hydrogens (tertiary/aromatic N) is 2.